The number of amides is 3. The van der Waals surface area contributed by atoms with Crippen molar-refractivity contribution in [3.8, 4) is 11.5 Å². The Morgan fingerprint density at radius 2 is 1.90 bits per heavy atom. The Morgan fingerprint density at radius 1 is 1.10 bits per heavy atom. The van der Waals surface area contributed by atoms with E-state index in [2.05, 4.69) is 21.0 Å². The van der Waals surface area contributed by atoms with Crippen LogP contribution in [0.2, 0.25) is 0 Å². The Balaban J connectivity index is 1.22. The number of aromatic nitrogens is 2. The van der Waals surface area contributed by atoms with Gasteiger partial charge in [0, 0.05) is 17.8 Å². The van der Waals surface area contributed by atoms with Crippen molar-refractivity contribution >= 4 is 23.4 Å². The SMILES string of the molecule is O=C(CNC(=O)c1ccc2c(c1)OCO2)Nc1cnn(CC(=O)NC2CCCC2)c1. The lowest BCUT2D eigenvalue weighted by molar-refractivity contribution is -0.122. The van der Waals surface area contributed by atoms with E-state index in [1.807, 2.05) is 0 Å². The minimum Gasteiger partial charge on any atom is -0.454 e. The highest BCUT2D eigenvalue weighted by Crippen LogP contribution is 2.32. The molecule has 4 rings (SSSR count). The van der Waals surface area contributed by atoms with E-state index in [0.29, 0.717) is 22.7 Å². The van der Waals surface area contributed by atoms with E-state index in [-0.39, 0.29) is 31.8 Å². The molecule has 0 spiro atoms. The summed E-state index contributed by atoms with van der Waals surface area (Å²) in [5, 5.41) is 12.3. The van der Waals surface area contributed by atoms with E-state index < -0.39 is 11.8 Å². The van der Waals surface area contributed by atoms with Crippen LogP contribution in [-0.2, 0) is 16.1 Å². The molecule has 3 amide bonds. The van der Waals surface area contributed by atoms with E-state index in [9.17, 15) is 14.4 Å². The minimum atomic E-state index is -0.404. The molecule has 2 heterocycles. The van der Waals surface area contributed by atoms with Crippen LogP contribution < -0.4 is 25.4 Å². The highest BCUT2D eigenvalue weighted by atomic mass is 16.7. The van der Waals surface area contributed by atoms with Gasteiger partial charge in [-0.15, -0.1) is 0 Å². The van der Waals surface area contributed by atoms with Crippen LogP contribution in [0.1, 0.15) is 36.0 Å². The van der Waals surface area contributed by atoms with Gasteiger partial charge in [0.25, 0.3) is 5.91 Å². The maximum atomic E-state index is 12.2. The third kappa shape index (κ3) is 4.88. The molecule has 2 aliphatic rings. The van der Waals surface area contributed by atoms with Gasteiger partial charge in [-0.2, -0.15) is 5.10 Å². The Bertz CT molecular complexity index is 951. The van der Waals surface area contributed by atoms with Crippen molar-refractivity contribution < 1.29 is 23.9 Å². The maximum Gasteiger partial charge on any atom is 0.251 e. The summed E-state index contributed by atoms with van der Waals surface area (Å²) < 4.78 is 11.9. The topological polar surface area (TPSA) is 124 Å². The van der Waals surface area contributed by atoms with Crippen molar-refractivity contribution in [3.63, 3.8) is 0 Å². The lowest BCUT2D eigenvalue weighted by atomic mass is 10.2. The molecule has 1 saturated carbocycles. The lowest BCUT2D eigenvalue weighted by Gasteiger charge is -2.11. The minimum absolute atomic E-state index is 0.0905. The average Bonchev–Trinajstić information content (AvgIpc) is 3.48. The number of hydrogen-bond acceptors (Lipinski definition) is 6. The molecule has 3 N–H and O–H groups in total. The predicted octanol–water partition coefficient (Wildman–Crippen LogP) is 1.04. The Labute approximate surface area is 172 Å². The Kier molecular flexibility index (Phi) is 5.82. The zero-order valence-electron chi connectivity index (χ0n) is 16.3. The number of carbonyl (C=O) groups is 3. The zero-order valence-corrected chi connectivity index (χ0v) is 16.3. The van der Waals surface area contributed by atoms with Crippen LogP contribution in [0, 0.1) is 0 Å². The lowest BCUT2D eigenvalue weighted by Crippen LogP contribution is -2.35. The van der Waals surface area contributed by atoms with Gasteiger partial charge in [-0.3, -0.25) is 19.1 Å². The van der Waals surface area contributed by atoms with Gasteiger partial charge in [0.05, 0.1) is 18.4 Å². The molecule has 1 aromatic carbocycles. The van der Waals surface area contributed by atoms with Gasteiger partial charge >= 0.3 is 0 Å². The number of rotatable bonds is 7. The molecule has 158 valence electrons. The van der Waals surface area contributed by atoms with Crippen LogP contribution in [0.5, 0.6) is 11.5 Å². The fourth-order valence-electron chi connectivity index (χ4n) is 3.51. The molecule has 1 aliphatic carbocycles. The number of hydrogen-bond donors (Lipinski definition) is 3. The molecule has 30 heavy (non-hydrogen) atoms. The molecule has 2 aromatic rings. The van der Waals surface area contributed by atoms with Gasteiger partial charge in [0.15, 0.2) is 11.5 Å². The highest BCUT2D eigenvalue weighted by molar-refractivity contribution is 5.99. The second kappa shape index (κ2) is 8.85. The summed E-state index contributed by atoms with van der Waals surface area (Å²) in [6, 6.07) is 5.06. The molecule has 0 saturated heterocycles. The summed E-state index contributed by atoms with van der Waals surface area (Å²) in [5.74, 6) is 0.176. The summed E-state index contributed by atoms with van der Waals surface area (Å²) >= 11 is 0. The van der Waals surface area contributed by atoms with E-state index in [1.54, 1.807) is 24.4 Å². The van der Waals surface area contributed by atoms with E-state index in [0.717, 1.165) is 25.7 Å². The second-order valence-electron chi connectivity index (χ2n) is 7.27. The van der Waals surface area contributed by atoms with Crippen molar-refractivity contribution in [2.75, 3.05) is 18.7 Å². The van der Waals surface area contributed by atoms with Crippen LogP contribution in [-0.4, -0.2) is 46.9 Å². The number of nitrogens with one attached hydrogen (secondary N) is 3. The summed E-state index contributed by atoms with van der Waals surface area (Å²) in [5.41, 5.74) is 0.819. The number of ether oxygens (including phenoxy) is 2. The first-order valence-electron chi connectivity index (χ1n) is 9.86. The van der Waals surface area contributed by atoms with Crippen LogP contribution in [0.4, 0.5) is 5.69 Å². The number of carbonyl (C=O) groups excluding carboxylic acids is 3. The van der Waals surface area contributed by atoms with Crippen LogP contribution in [0.25, 0.3) is 0 Å². The first-order chi connectivity index (χ1) is 14.6. The van der Waals surface area contributed by atoms with Gasteiger partial charge in [0.2, 0.25) is 18.6 Å². The molecule has 0 atom stereocenters. The van der Waals surface area contributed by atoms with Crippen molar-refractivity contribution in [1.82, 2.24) is 20.4 Å². The van der Waals surface area contributed by atoms with Crippen molar-refractivity contribution in [3.05, 3.63) is 36.2 Å². The quantitative estimate of drug-likeness (QED) is 0.623. The number of anilines is 1. The van der Waals surface area contributed by atoms with Crippen molar-refractivity contribution in [2.24, 2.45) is 0 Å². The number of nitrogens with zero attached hydrogens (tertiary/aromatic N) is 2. The molecule has 10 nitrogen and oxygen atoms in total. The molecule has 0 unspecified atom stereocenters. The Morgan fingerprint density at radius 3 is 2.73 bits per heavy atom. The standard InChI is InChI=1S/C20H23N5O5/c26-18(9-21-20(28)13-5-6-16-17(7-13)30-12-29-16)24-15-8-22-25(10-15)11-19(27)23-14-3-1-2-4-14/h5-8,10,14H,1-4,9,11-12H2,(H,21,28)(H,23,27)(H,24,26). The fourth-order valence-corrected chi connectivity index (χ4v) is 3.51. The van der Waals surface area contributed by atoms with Crippen LogP contribution >= 0.6 is 0 Å². The first-order valence-corrected chi connectivity index (χ1v) is 9.86. The number of fused-ring (bicyclic) bond motifs is 1. The Hall–Kier alpha value is -3.56. The molecule has 1 fully saturated rings. The van der Waals surface area contributed by atoms with E-state index in [1.165, 1.54) is 10.9 Å². The van der Waals surface area contributed by atoms with E-state index in [4.69, 9.17) is 9.47 Å². The first kappa shape index (κ1) is 19.7. The predicted molar refractivity (Wildman–Crippen MR) is 106 cm³/mol. The summed E-state index contributed by atoms with van der Waals surface area (Å²) in [6.45, 7) is 0.00652. The van der Waals surface area contributed by atoms with Crippen LogP contribution in [0.3, 0.4) is 0 Å². The molecular formula is C20H23N5O5. The second-order valence-corrected chi connectivity index (χ2v) is 7.27. The average molecular weight is 413 g/mol. The van der Waals surface area contributed by atoms with Gasteiger partial charge < -0.3 is 25.4 Å². The fraction of sp³-hybridized carbons (Fsp3) is 0.400. The normalized spacial score (nSPS) is 15.1. The van der Waals surface area contributed by atoms with Crippen LogP contribution in [0.15, 0.2) is 30.6 Å². The molecule has 1 aromatic heterocycles. The molecule has 1 aliphatic heterocycles. The van der Waals surface area contributed by atoms with Gasteiger partial charge in [-0.25, -0.2) is 0 Å². The molecule has 10 heteroatoms. The summed E-state index contributed by atoms with van der Waals surface area (Å²) in [4.78, 5) is 36.4. The van der Waals surface area contributed by atoms with Gasteiger partial charge in [0.1, 0.15) is 6.54 Å². The van der Waals surface area contributed by atoms with Crippen molar-refractivity contribution in [2.45, 2.75) is 38.3 Å². The monoisotopic (exact) mass is 413 g/mol. The largest absolute Gasteiger partial charge is 0.454 e. The zero-order chi connectivity index (χ0) is 20.9. The molecule has 0 bridgehead atoms. The summed E-state index contributed by atoms with van der Waals surface area (Å²) in [6.07, 6.45) is 7.36. The van der Waals surface area contributed by atoms with E-state index >= 15 is 0 Å². The van der Waals surface area contributed by atoms with Gasteiger partial charge in [-0.05, 0) is 31.0 Å². The molecule has 0 radical (unpaired) electrons. The molecular weight excluding hydrogens is 390 g/mol. The highest BCUT2D eigenvalue weighted by Gasteiger charge is 2.18. The van der Waals surface area contributed by atoms with Crippen molar-refractivity contribution in [1.29, 1.82) is 0 Å². The summed E-state index contributed by atoms with van der Waals surface area (Å²) in [7, 11) is 0. The smallest absolute Gasteiger partial charge is 0.251 e. The third-order valence-electron chi connectivity index (χ3n) is 4.99. The number of benzene rings is 1. The van der Waals surface area contributed by atoms with Gasteiger partial charge in [-0.1, -0.05) is 12.8 Å². The maximum absolute atomic E-state index is 12.2. The third-order valence-corrected chi connectivity index (χ3v) is 4.99.